The van der Waals surface area contributed by atoms with Crippen LogP contribution in [0.15, 0.2) is 25.3 Å². The standard InChI is InChI=1S/C6H13Si.C3H8Si.C3H5.2Pt/c1-5-6-7(2,3)4;1-4(2)3;1-3-2;;/h5H,1-2,6H2,3-4H3;1H2,2-3H3;3H,1-2H2;;/q-1;;-1;;. The van der Waals surface area contributed by atoms with Gasteiger partial charge in [0.05, 0.1) is 0 Å². The molecule has 0 fully saturated rings. The van der Waals surface area contributed by atoms with Gasteiger partial charge in [-0.3, -0.25) is 0 Å². The molecule has 0 aromatic heterocycles. The first kappa shape index (κ1) is 30.2. The van der Waals surface area contributed by atoms with Crippen LogP contribution in [0.4, 0.5) is 0 Å². The van der Waals surface area contributed by atoms with E-state index in [1.165, 1.54) is 6.08 Å². The summed E-state index contributed by atoms with van der Waals surface area (Å²) in [5, 5.41) is 0. The van der Waals surface area contributed by atoms with Crippen LogP contribution in [-0.4, -0.2) is 22.7 Å². The van der Waals surface area contributed by atoms with E-state index in [0.717, 1.165) is 6.04 Å². The van der Waals surface area contributed by atoms with Crippen molar-refractivity contribution < 1.29 is 42.1 Å². The van der Waals surface area contributed by atoms with Gasteiger partial charge in [0.1, 0.15) is 0 Å². The minimum absolute atomic E-state index is 0. The SMILES string of the molecule is C=CC[Si]([CH2-])(C)C.C=C[CH2-].C=[Si](C)C.[Pt].[Pt]. The summed E-state index contributed by atoms with van der Waals surface area (Å²) in [6, 6.07) is 1.13. The fraction of sp³-hybridized carbons (Fsp3) is 0.417. The third-order valence-corrected chi connectivity index (χ3v) is 2.09. The zero-order valence-electron chi connectivity index (χ0n) is 11.0. The molecule has 0 spiro atoms. The minimum Gasteiger partial charge on any atom is -0.342 e. The molecule has 0 N–H and O–H groups in total. The van der Waals surface area contributed by atoms with Gasteiger partial charge in [0, 0.05) is 42.1 Å². The van der Waals surface area contributed by atoms with Gasteiger partial charge in [-0.05, 0) is 8.41 Å². The zero-order chi connectivity index (χ0) is 12.2. The first-order chi connectivity index (χ1) is 6.21. The predicted molar refractivity (Wildman–Crippen MR) is 78.0 cm³/mol. The summed E-state index contributed by atoms with van der Waals surface area (Å²) in [4.78, 5) is 0. The van der Waals surface area contributed by atoms with Crippen LogP contribution in [-0.2, 0) is 42.1 Å². The maximum atomic E-state index is 4.03. The van der Waals surface area contributed by atoms with Gasteiger partial charge in [-0.15, -0.1) is 12.8 Å². The second-order valence-corrected chi connectivity index (χ2v) is 11.3. The summed E-state index contributed by atoms with van der Waals surface area (Å²) in [6.07, 6.45) is 7.20. The van der Waals surface area contributed by atoms with Crippen molar-refractivity contribution in [2.45, 2.75) is 32.2 Å². The van der Waals surface area contributed by atoms with Crippen molar-refractivity contribution in [3.8, 4) is 0 Å². The zero-order valence-corrected chi connectivity index (χ0v) is 17.6. The second-order valence-electron chi connectivity index (χ2n) is 4.15. The van der Waals surface area contributed by atoms with Crippen molar-refractivity contribution >= 4 is 22.7 Å². The third-order valence-electron chi connectivity index (χ3n) is 0.697. The van der Waals surface area contributed by atoms with E-state index in [9.17, 15) is 0 Å². The molecule has 0 atom stereocenters. The summed E-state index contributed by atoms with van der Waals surface area (Å²) in [7, 11) is -1.15. The molecule has 0 aromatic carbocycles. The van der Waals surface area contributed by atoms with Crippen molar-refractivity contribution in [3.63, 3.8) is 0 Å². The van der Waals surface area contributed by atoms with Gasteiger partial charge < -0.3 is 6.55 Å². The molecule has 0 saturated carbocycles. The van der Waals surface area contributed by atoms with Gasteiger partial charge in [0.25, 0.3) is 0 Å². The molecule has 0 radical (unpaired) electrons. The molecular weight excluding hydrogens is 590 g/mol. The van der Waals surface area contributed by atoms with Gasteiger partial charge in [-0.1, -0.05) is 46.4 Å². The Morgan fingerprint density at radius 1 is 1.19 bits per heavy atom. The molecule has 0 aliphatic carbocycles. The van der Waals surface area contributed by atoms with Crippen molar-refractivity contribution in [1.82, 2.24) is 0 Å². The normalized spacial score (nSPS) is 7.31. The average molecular weight is 617 g/mol. The maximum absolute atomic E-state index is 4.03. The second kappa shape index (κ2) is 21.3. The first-order valence-electron chi connectivity index (χ1n) is 4.69. The topological polar surface area (TPSA) is 0 Å². The van der Waals surface area contributed by atoms with Crippen LogP contribution >= 0.6 is 0 Å². The van der Waals surface area contributed by atoms with E-state index in [1.54, 1.807) is 0 Å². The Bertz CT molecular complexity index is 157. The molecule has 0 rings (SSSR count). The molecule has 104 valence electrons. The van der Waals surface area contributed by atoms with Crippen LogP contribution in [0.1, 0.15) is 0 Å². The van der Waals surface area contributed by atoms with E-state index >= 15 is 0 Å². The van der Waals surface area contributed by atoms with Crippen molar-refractivity contribution in [3.05, 3.63) is 38.8 Å². The predicted octanol–water partition coefficient (Wildman–Crippen LogP) is 4.01. The summed E-state index contributed by atoms with van der Waals surface area (Å²) < 4.78 is 0. The molecule has 0 heterocycles. The van der Waals surface area contributed by atoms with Crippen LogP contribution in [0.3, 0.4) is 0 Å². The summed E-state index contributed by atoms with van der Waals surface area (Å²) in [6.45, 7) is 22.9. The number of hydrogen-bond acceptors (Lipinski definition) is 0. The van der Waals surface area contributed by atoms with Gasteiger partial charge in [0.2, 0.25) is 0 Å². The minimum atomic E-state index is -1.03. The van der Waals surface area contributed by atoms with Crippen LogP contribution in [0, 0.1) is 13.5 Å². The fourth-order valence-electron chi connectivity index (χ4n) is 0.391. The van der Waals surface area contributed by atoms with E-state index in [0.29, 0.717) is 0 Å². The Morgan fingerprint density at radius 3 is 1.38 bits per heavy atom. The van der Waals surface area contributed by atoms with E-state index in [1.807, 2.05) is 6.08 Å². The molecule has 16 heavy (non-hydrogen) atoms. The molecule has 0 bridgehead atoms. The first-order valence-corrected chi connectivity index (χ1v) is 10.8. The van der Waals surface area contributed by atoms with Crippen LogP contribution < -0.4 is 0 Å². The quantitative estimate of drug-likeness (QED) is 0.250. The average Bonchev–Trinajstić information content (AvgIpc) is 1.83. The third kappa shape index (κ3) is 117. The molecule has 0 aromatic rings. The van der Waals surface area contributed by atoms with Crippen molar-refractivity contribution in [2.24, 2.45) is 0 Å². The Balaban J connectivity index is -0.0000000393. The fourth-order valence-corrected chi connectivity index (χ4v) is 1.17. The largest absolute Gasteiger partial charge is 0.342 e. The maximum Gasteiger partial charge on any atom is 0 e. The molecule has 0 unspecified atom stereocenters. The van der Waals surface area contributed by atoms with Crippen LogP contribution in [0.5, 0.6) is 0 Å². The molecule has 0 aliphatic rings. The molecule has 4 heteroatoms. The summed E-state index contributed by atoms with van der Waals surface area (Å²) in [5.41, 5.74) is 0. The Labute approximate surface area is 135 Å². The smallest absolute Gasteiger partial charge is 0 e. The van der Waals surface area contributed by atoms with E-state index in [2.05, 4.69) is 59.0 Å². The molecular formula is C12H26Pt2Si2-2. The monoisotopic (exact) mass is 616 g/mol. The van der Waals surface area contributed by atoms with Gasteiger partial charge in [-0.2, -0.15) is 0 Å². The van der Waals surface area contributed by atoms with Crippen molar-refractivity contribution in [2.75, 3.05) is 0 Å². The summed E-state index contributed by atoms with van der Waals surface area (Å²) in [5.74, 6) is 0. The van der Waals surface area contributed by atoms with Crippen LogP contribution in [0.25, 0.3) is 0 Å². The number of hydrogen-bond donors (Lipinski definition) is 0. The number of rotatable bonds is 2. The van der Waals surface area contributed by atoms with E-state index in [-0.39, 0.29) is 50.5 Å². The summed E-state index contributed by atoms with van der Waals surface area (Å²) >= 11 is 0. The van der Waals surface area contributed by atoms with Crippen molar-refractivity contribution in [1.29, 1.82) is 0 Å². The van der Waals surface area contributed by atoms with Gasteiger partial charge in [0.15, 0.2) is 0 Å². The molecule has 0 nitrogen and oxygen atoms in total. The van der Waals surface area contributed by atoms with Gasteiger partial charge in [-0.25, -0.2) is 19.6 Å². The van der Waals surface area contributed by atoms with E-state index < -0.39 is 8.07 Å². The Morgan fingerprint density at radius 2 is 1.38 bits per heavy atom. The van der Waals surface area contributed by atoms with Crippen LogP contribution in [0.2, 0.25) is 32.2 Å². The Kier molecular flexibility index (Phi) is 40.3. The number of allylic oxidation sites excluding steroid dienone is 2. The van der Waals surface area contributed by atoms with Gasteiger partial charge >= 0.3 is 0 Å². The molecule has 0 amide bonds. The molecule has 0 aliphatic heterocycles. The molecule has 0 saturated heterocycles. The Hall–Kier alpha value is 1.03. The van der Waals surface area contributed by atoms with E-state index in [4.69, 9.17) is 0 Å².